The summed E-state index contributed by atoms with van der Waals surface area (Å²) in [6, 6.07) is 18.0. The number of nitrogens with zero attached hydrogens (tertiary/aromatic N) is 2. The first kappa shape index (κ1) is 26.9. The zero-order chi connectivity index (χ0) is 27.4. The zero-order valence-electron chi connectivity index (χ0n) is 21.7. The number of allylic oxidation sites excluding steroid dienone is 1. The number of aromatic nitrogens is 2. The predicted octanol–water partition coefficient (Wildman–Crippen LogP) is 1.69. The number of para-hydroxylation sites is 1. The number of carbonyl (C=O) groups is 1. The summed E-state index contributed by atoms with van der Waals surface area (Å²) in [6.07, 6.45) is 1.02. The molecule has 5 rings (SSSR count). The summed E-state index contributed by atoms with van der Waals surface area (Å²) in [5, 5.41) is 22.5. The summed E-state index contributed by atoms with van der Waals surface area (Å²) >= 11 is 0. The fourth-order valence-corrected chi connectivity index (χ4v) is 5.25. The largest absolute Gasteiger partial charge is 0.459 e. The van der Waals surface area contributed by atoms with Crippen molar-refractivity contribution in [1.29, 1.82) is 0 Å². The second-order valence-corrected chi connectivity index (χ2v) is 9.63. The van der Waals surface area contributed by atoms with Gasteiger partial charge in [-0.05, 0) is 29.3 Å². The van der Waals surface area contributed by atoms with Crippen molar-refractivity contribution in [2.24, 2.45) is 7.05 Å². The Hall–Kier alpha value is -3.70. The van der Waals surface area contributed by atoms with Gasteiger partial charge in [0.15, 0.2) is 5.76 Å². The Bertz CT molecular complexity index is 1380. The van der Waals surface area contributed by atoms with Gasteiger partial charge in [0.1, 0.15) is 0 Å². The lowest BCUT2D eigenvalue weighted by atomic mass is 9.97. The summed E-state index contributed by atoms with van der Waals surface area (Å²) in [4.78, 5) is 26.4. The van der Waals surface area contributed by atoms with E-state index in [1.807, 2.05) is 54.6 Å². The maximum absolute atomic E-state index is 13.4. The van der Waals surface area contributed by atoms with Gasteiger partial charge in [0.25, 0.3) is 11.5 Å². The van der Waals surface area contributed by atoms with Crippen LogP contribution in [0, 0.1) is 0 Å². The fourth-order valence-electron chi connectivity index (χ4n) is 5.25. The summed E-state index contributed by atoms with van der Waals surface area (Å²) in [7, 11) is 1.80. The third-order valence-corrected chi connectivity index (χ3v) is 7.07. The lowest BCUT2D eigenvalue weighted by Gasteiger charge is -2.30. The molecule has 0 unspecified atom stereocenters. The van der Waals surface area contributed by atoms with E-state index in [1.54, 1.807) is 28.6 Å². The number of hydrogen-bond acceptors (Lipinski definition) is 7. The van der Waals surface area contributed by atoms with Gasteiger partial charge in [-0.3, -0.25) is 14.3 Å². The number of rotatable bonds is 10. The minimum atomic E-state index is -0.769. The first-order chi connectivity index (χ1) is 19.0. The van der Waals surface area contributed by atoms with Crippen molar-refractivity contribution in [3.05, 3.63) is 99.7 Å². The van der Waals surface area contributed by atoms with Crippen LogP contribution in [0.15, 0.2) is 77.3 Å². The molecule has 0 bridgehead atoms. The molecule has 0 fully saturated rings. The standard InChI is InChI=1S/C29H33N3O7/c1-31-23(18-26(35)32(31)21-8-3-2-4-9-21)20-16-25(39-27(17-20)38-14-13-37-12-11-33)29(36)30-28-22-10-6-5-7-19(22)15-24(28)34/h2-10,16,18,20,24,27-28,33-34H,11-15,17H2,1H3,(H,30,36)/t20-,24-,27+,28+/m1/s1. The smallest absolute Gasteiger partial charge is 0.286 e. The summed E-state index contributed by atoms with van der Waals surface area (Å²) in [5.41, 5.74) is 3.11. The van der Waals surface area contributed by atoms with Gasteiger partial charge in [0.2, 0.25) is 6.29 Å². The maximum atomic E-state index is 13.4. The van der Waals surface area contributed by atoms with Crippen molar-refractivity contribution >= 4 is 5.91 Å². The minimum absolute atomic E-state index is 0.0593. The Morgan fingerprint density at radius 2 is 1.87 bits per heavy atom. The molecule has 10 nitrogen and oxygen atoms in total. The fraction of sp³-hybridized carbons (Fsp3) is 0.379. The van der Waals surface area contributed by atoms with Crippen molar-refractivity contribution in [3.8, 4) is 5.69 Å². The van der Waals surface area contributed by atoms with Crippen LogP contribution in [0.25, 0.3) is 5.69 Å². The molecule has 2 aromatic carbocycles. The molecular weight excluding hydrogens is 502 g/mol. The van der Waals surface area contributed by atoms with Crippen molar-refractivity contribution in [2.75, 3.05) is 26.4 Å². The highest BCUT2D eigenvalue weighted by Gasteiger charge is 2.35. The number of fused-ring (bicyclic) bond motifs is 1. The number of benzene rings is 2. The quantitative estimate of drug-likeness (QED) is 0.338. The molecule has 4 atom stereocenters. The van der Waals surface area contributed by atoms with Crippen LogP contribution in [0.5, 0.6) is 0 Å². The van der Waals surface area contributed by atoms with E-state index >= 15 is 0 Å². The molecule has 39 heavy (non-hydrogen) atoms. The molecule has 0 saturated carbocycles. The average Bonchev–Trinajstić information content (AvgIpc) is 3.43. The average molecular weight is 536 g/mol. The van der Waals surface area contributed by atoms with Crippen LogP contribution < -0.4 is 10.9 Å². The van der Waals surface area contributed by atoms with E-state index in [0.717, 1.165) is 16.8 Å². The number of carbonyl (C=O) groups excluding carboxylic acids is 1. The molecule has 0 radical (unpaired) electrons. The van der Waals surface area contributed by atoms with Gasteiger partial charge in [-0.2, -0.15) is 0 Å². The zero-order valence-corrected chi connectivity index (χ0v) is 21.7. The molecule has 1 aliphatic heterocycles. The number of hydrogen-bond donors (Lipinski definition) is 3. The van der Waals surface area contributed by atoms with Gasteiger partial charge < -0.3 is 29.7 Å². The molecule has 3 aromatic rings. The van der Waals surface area contributed by atoms with E-state index in [9.17, 15) is 14.7 Å². The van der Waals surface area contributed by atoms with Gasteiger partial charge in [-0.25, -0.2) is 4.68 Å². The van der Waals surface area contributed by atoms with Crippen molar-refractivity contribution < 1.29 is 29.2 Å². The molecule has 10 heteroatoms. The van der Waals surface area contributed by atoms with Gasteiger partial charge in [-0.15, -0.1) is 0 Å². The number of aliphatic hydroxyl groups excluding tert-OH is 2. The summed E-state index contributed by atoms with van der Waals surface area (Å²) < 4.78 is 20.5. The molecule has 3 N–H and O–H groups in total. The minimum Gasteiger partial charge on any atom is -0.459 e. The molecule has 0 saturated heterocycles. The van der Waals surface area contributed by atoms with Crippen molar-refractivity contribution in [1.82, 2.24) is 14.7 Å². The highest BCUT2D eigenvalue weighted by molar-refractivity contribution is 5.92. The van der Waals surface area contributed by atoms with Crippen LogP contribution in [-0.4, -0.2) is 64.3 Å². The van der Waals surface area contributed by atoms with E-state index < -0.39 is 24.3 Å². The number of ether oxygens (including phenoxy) is 3. The number of aliphatic hydroxyl groups is 2. The predicted molar refractivity (Wildman–Crippen MR) is 142 cm³/mol. The maximum Gasteiger partial charge on any atom is 0.286 e. The molecule has 1 amide bonds. The number of nitrogens with one attached hydrogen (secondary N) is 1. The normalized spacial score (nSPS) is 22.2. The van der Waals surface area contributed by atoms with E-state index in [0.29, 0.717) is 18.5 Å². The first-order valence-electron chi connectivity index (χ1n) is 13.1. The molecular formula is C29H33N3O7. The molecule has 1 aromatic heterocycles. The van der Waals surface area contributed by atoms with Crippen LogP contribution in [0.2, 0.25) is 0 Å². The Balaban J connectivity index is 1.40. The second-order valence-electron chi connectivity index (χ2n) is 9.63. The van der Waals surface area contributed by atoms with Crippen molar-refractivity contribution in [2.45, 2.75) is 37.2 Å². The van der Waals surface area contributed by atoms with Gasteiger partial charge in [-0.1, -0.05) is 42.5 Å². The third kappa shape index (κ3) is 5.84. The number of amides is 1. The highest BCUT2D eigenvalue weighted by atomic mass is 16.7. The van der Waals surface area contributed by atoms with Crippen LogP contribution in [0.3, 0.4) is 0 Å². The Kier molecular flexibility index (Phi) is 8.27. The Labute approximate surface area is 226 Å². The van der Waals surface area contributed by atoms with Crippen LogP contribution in [0.1, 0.15) is 35.2 Å². The SMILES string of the molecule is Cn1c([C@@H]2C=C(C(=O)N[C@H]3c4ccccc4C[C@H]3O)O[C@H](OCCOCCO)C2)cc(=O)n1-c1ccccc1. The third-order valence-electron chi connectivity index (χ3n) is 7.07. The monoisotopic (exact) mass is 535 g/mol. The van der Waals surface area contributed by atoms with Crippen LogP contribution in [0.4, 0.5) is 0 Å². The van der Waals surface area contributed by atoms with E-state index in [2.05, 4.69) is 5.32 Å². The van der Waals surface area contributed by atoms with E-state index in [4.69, 9.17) is 19.3 Å². The Morgan fingerprint density at radius 3 is 2.67 bits per heavy atom. The van der Waals surface area contributed by atoms with Gasteiger partial charge in [0.05, 0.1) is 44.3 Å². The van der Waals surface area contributed by atoms with Gasteiger partial charge in [0, 0.05) is 37.6 Å². The summed E-state index contributed by atoms with van der Waals surface area (Å²) in [5.74, 6) is -0.770. The lowest BCUT2D eigenvalue weighted by molar-refractivity contribution is -0.152. The molecule has 1 aliphatic carbocycles. The van der Waals surface area contributed by atoms with E-state index in [-0.39, 0.29) is 43.7 Å². The van der Waals surface area contributed by atoms with Crippen molar-refractivity contribution in [3.63, 3.8) is 0 Å². The molecule has 2 aliphatic rings. The topological polar surface area (TPSA) is 124 Å². The lowest BCUT2D eigenvalue weighted by Crippen LogP contribution is -2.38. The van der Waals surface area contributed by atoms with Gasteiger partial charge >= 0.3 is 0 Å². The Morgan fingerprint density at radius 1 is 1.10 bits per heavy atom. The summed E-state index contributed by atoms with van der Waals surface area (Å²) in [6.45, 7) is 0.568. The first-order valence-corrected chi connectivity index (χ1v) is 13.1. The highest BCUT2D eigenvalue weighted by Crippen LogP contribution is 2.34. The van der Waals surface area contributed by atoms with E-state index in [1.165, 1.54) is 0 Å². The molecule has 0 spiro atoms. The molecule has 2 heterocycles. The van der Waals surface area contributed by atoms with Crippen LogP contribution >= 0.6 is 0 Å². The van der Waals surface area contributed by atoms with Crippen LogP contribution in [-0.2, 0) is 32.5 Å². The second kappa shape index (κ2) is 12.0. The molecule has 206 valence electrons.